The Hall–Kier alpha value is -1.22. The topological polar surface area (TPSA) is 27.7 Å². The van der Waals surface area contributed by atoms with Gasteiger partial charge in [0.25, 0.3) is 0 Å². The second-order valence-electron chi connectivity index (χ2n) is 2.68. The maximum absolute atomic E-state index is 5.26. The number of hydrogen-bond donors (Lipinski definition) is 0. The largest absolute Gasteiger partial charge is 0.496 e. The molecule has 0 heterocycles. The van der Waals surface area contributed by atoms with Crippen LogP contribution in [0.5, 0.6) is 11.5 Å². The van der Waals surface area contributed by atoms with E-state index in [1.54, 1.807) is 14.2 Å². The Morgan fingerprint density at radius 3 is 2.54 bits per heavy atom. The van der Waals surface area contributed by atoms with Crippen molar-refractivity contribution in [2.75, 3.05) is 21.0 Å². The van der Waals surface area contributed by atoms with Crippen LogP contribution >= 0.6 is 0 Å². The molecule has 0 aliphatic rings. The third-order valence-electron chi connectivity index (χ3n) is 1.71. The van der Waals surface area contributed by atoms with E-state index in [9.17, 15) is 0 Å². The monoisotopic (exact) mass is 182 g/mol. The van der Waals surface area contributed by atoms with Crippen molar-refractivity contribution in [2.24, 2.45) is 0 Å². The molecule has 0 N–H and O–H groups in total. The zero-order chi connectivity index (χ0) is 9.68. The summed E-state index contributed by atoms with van der Waals surface area (Å²) in [5.41, 5.74) is 1.05. The van der Waals surface area contributed by atoms with Crippen molar-refractivity contribution in [3.05, 3.63) is 23.8 Å². The summed E-state index contributed by atoms with van der Waals surface area (Å²) in [5, 5.41) is 0. The molecule has 0 radical (unpaired) electrons. The number of rotatable bonds is 4. The Morgan fingerprint density at radius 2 is 2.00 bits per heavy atom. The van der Waals surface area contributed by atoms with E-state index < -0.39 is 0 Å². The first-order chi connectivity index (χ1) is 6.27. The van der Waals surface area contributed by atoms with Gasteiger partial charge in [0.15, 0.2) is 6.79 Å². The molecule has 0 amide bonds. The Kier molecular flexibility index (Phi) is 3.58. The summed E-state index contributed by atoms with van der Waals surface area (Å²) in [7, 11) is 3.24. The van der Waals surface area contributed by atoms with E-state index in [0.717, 1.165) is 17.1 Å². The third kappa shape index (κ3) is 2.63. The van der Waals surface area contributed by atoms with Gasteiger partial charge in [-0.15, -0.1) is 0 Å². The number of methoxy groups -OCH3 is 2. The van der Waals surface area contributed by atoms with Crippen LogP contribution in [-0.2, 0) is 4.74 Å². The SMILES string of the molecule is COCOc1ccc(OC)c(C)c1. The first kappa shape index (κ1) is 9.86. The summed E-state index contributed by atoms with van der Waals surface area (Å²) >= 11 is 0. The molecule has 0 unspecified atom stereocenters. The highest BCUT2D eigenvalue weighted by Gasteiger charge is 1.99. The van der Waals surface area contributed by atoms with Gasteiger partial charge in [0, 0.05) is 7.11 Å². The number of ether oxygens (including phenoxy) is 3. The van der Waals surface area contributed by atoms with Gasteiger partial charge in [0.1, 0.15) is 11.5 Å². The molecule has 0 spiro atoms. The molecular weight excluding hydrogens is 168 g/mol. The fourth-order valence-electron chi connectivity index (χ4n) is 1.07. The molecule has 0 fully saturated rings. The van der Waals surface area contributed by atoms with Crippen LogP contribution in [0.25, 0.3) is 0 Å². The van der Waals surface area contributed by atoms with Crippen molar-refractivity contribution in [1.29, 1.82) is 0 Å². The van der Waals surface area contributed by atoms with Crippen molar-refractivity contribution in [2.45, 2.75) is 6.92 Å². The average Bonchev–Trinajstić information content (AvgIpc) is 2.15. The molecule has 1 aromatic rings. The van der Waals surface area contributed by atoms with Crippen molar-refractivity contribution in [3.8, 4) is 11.5 Å². The minimum Gasteiger partial charge on any atom is -0.496 e. The molecule has 0 aliphatic carbocycles. The van der Waals surface area contributed by atoms with E-state index in [2.05, 4.69) is 0 Å². The molecule has 3 nitrogen and oxygen atoms in total. The molecule has 0 atom stereocenters. The van der Waals surface area contributed by atoms with Gasteiger partial charge in [0.05, 0.1) is 7.11 Å². The minimum atomic E-state index is 0.270. The van der Waals surface area contributed by atoms with Gasteiger partial charge in [-0.3, -0.25) is 0 Å². The molecule has 3 heteroatoms. The summed E-state index contributed by atoms with van der Waals surface area (Å²) in [5.74, 6) is 1.66. The zero-order valence-electron chi connectivity index (χ0n) is 8.16. The second-order valence-corrected chi connectivity index (χ2v) is 2.68. The van der Waals surface area contributed by atoms with Crippen LogP contribution in [0.2, 0.25) is 0 Å². The van der Waals surface area contributed by atoms with Crippen molar-refractivity contribution in [1.82, 2.24) is 0 Å². The lowest BCUT2D eigenvalue weighted by Gasteiger charge is -2.08. The van der Waals surface area contributed by atoms with E-state index in [1.165, 1.54) is 0 Å². The van der Waals surface area contributed by atoms with E-state index in [-0.39, 0.29) is 6.79 Å². The fraction of sp³-hybridized carbons (Fsp3) is 0.400. The van der Waals surface area contributed by atoms with Crippen LogP contribution < -0.4 is 9.47 Å². The molecule has 0 aliphatic heterocycles. The molecule has 0 saturated heterocycles. The van der Waals surface area contributed by atoms with E-state index >= 15 is 0 Å². The smallest absolute Gasteiger partial charge is 0.188 e. The molecule has 0 aromatic heterocycles. The lowest BCUT2D eigenvalue weighted by molar-refractivity contribution is 0.0510. The predicted octanol–water partition coefficient (Wildman–Crippen LogP) is 1.99. The fourth-order valence-corrected chi connectivity index (χ4v) is 1.07. The minimum absolute atomic E-state index is 0.270. The van der Waals surface area contributed by atoms with Gasteiger partial charge < -0.3 is 14.2 Å². The van der Waals surface area contributed by atoms with Crippen LogP contribution in [-0.4, -0.2) is 21.0 Å². The molecule has 13 heavy (non-hydrogen) atoms. The number of aryl methyl sites for hydroxylation is 1. The van der Waals surface area contributed by atoms with Crippen LogP contribution in [0.15, 0.2) is 18.2 Å². The van der Waals surface area contributed by atoms with Gasteiger partial charge in [-0.25, -0.2) is 0 Å². The normalized spacial score (nSPS) is 9.77. The maximum atomic E-state index is 5.26. The van der Waals surface area contributed by atoms with E-state index in [4.69, 9.17) is 14.2 Å². The molecule has 0 saturated carbocycles. The predicted molar refractivity (Wildman–Crippen MR) is 50.2 cm³/mol. The van der Waals surface area contributed by atoms with Crippen LogP contribution in [0, 0.1) is 6.92 Å². The summed E-state index contributed by atoms with van der Waals surface area (Å²) < 4.78 is 15.2. The van der Waals surface area contributed by atoms with Crippen molar-refractivity contribution < 1.29 is 14.2 Å². The first-order valence-electron chi connectivity index (χ1n) is 4.04. The Labute approximate surface area is 78.2 Å². The van der Waals surface area contributed by atoms with Gasteiger partial charge in [-0.05, 0) is 30.7 Å². The van der Waals surface area contributed by atoms with E-state index in [0.29, 0.717) is 0 Å². The highest BCUT2D eigenvalue weighted by Crippen LogP contribution is 2.22. The lowest BCUT2D eigenvalue weighted by Crippen LogP contribution is -1.99. The van der Waals surface area contributed by atoms with Crippen molar-refractivity contribution >= 4 is 0 Å². The Balaban J connectivity index is 2.71. The van der Waals surface area contributed by atoms with Crippen LogP contribution in [0.1, 0.15) is 5.56 Å². The Bertz CT molecular complexity index is 271. The van der Waals surface area contributed by atoms with Gasteiger partial charge in [-0.2, -0.15) is 0 Å². The summed E-state index contributed by atoms with van der Waals surface area (Å²) in [6, 6.07) is 5.64. The lowest BCUT2D eigenvalue weighted by atomic mass is 10.2. The second kappa shape index (κ2) is 4.72. The third-order valence-corrected chi connectivity index (χ3v) is 1.71. The number of hydrogen-bond acceptors (Lipinski definition) is 3. The quantitative estimate of drug-likeness (QED) is 0.666. The average molecular weight is 182 g/mol. The number of benzene rings is 1. The molecule has 72 valence electrons. The summed E-state index contributed by atoms with van der Waals surface area (Å²) in [6.07, 6.45) is 0. The standard InChI is InChI=1S/C10H14O3/c1-8-6-9(13-7-11-2)4-5-10(8)12-3/h4-6H,7H2,1-3H3. The molecular formula is C10H14O3. The molecule has 1 rings (SSSR count). The zero-order valence-corrected chi connectivity index (χ0v) is 8.16. The first-order valence-corrected chi connectivity index (χ1v) is 4.04. The van der Waals surface area contributed by atoms with Gasteiger partial charge in [0.2, 0.25) is 0 Å². The molecule has 0 bridgehead atoms. The van der Waals surface area contributed by atoms with Crippen LogP contribution in [0.4, 0.5) is 0 Å². The highest BCUT2D eigenvalue weighted by atomic mass is 16.7. The highest BCUT2D eigenvalue weighted by molar-refractivity contribution is 5.39. The van der Waals surface area contributed by atoms with E-state index in [1.807, 2.05) is 25.1 Å². The van der Waals surface area contributed by atoms with Crippen molar-refractivity contribution in [3.63, 3.8) is 0 Å². The molecule has 1 aromatic carbocycles. The van der Waals surface area contributed by atoms with Gasteiger partial charge >= 0.3 is 0 Å². The Morgan fingerprint density at radius 1 is 1.23 bits per heavy atom. The van der Waals surface area contributed by atoms with Gasteiger partial charge in [-0.1, -0.05) is 0 Å². The van der Waals surface area contributed by atoms with Crippen LogP contribution in [0.3, 0.4) is 0 Å². The summed E-state index contributed by atoms with van der Waals surface area (Å²) in [4.78, 5) is 0. The summed E-state index contributed by atoms with van der Waals surface area (Å²) in [6.45, 7) is 2.24. The maximum Gasteiger partial charge on any atom is 0.188 e.